The highest BCUT2D eigenvalue weighted by Crippen LogP contribution is 2.44. The van der Waals surface area contributed by atoms with Crippen molar-refractivity contribution in [1.29, 1.82) is 0 Å². The van der Waals surface area contributed by atoms with Crippen molar-refractivity contribution in [3.63, 3.8) is 0 Å². The summed E-state index contributed by atoms with van der Waals surface area (Å²) in [7, 11) is 1.57. The molecular formula is C27H31FN2O4. The Morgan fingerprint density at radius 3 is 2.68 bits per heavy atom. The second-order valence-electron chi connectivity index (χ2n) is 9.52. The quantitative estimate of drug-likeness (QED) is 0.412. The number of H-pyrrole nitrogens is 1. The lowest BCUT2D eigenvalue weighted by Crippen LogP contribution is -2.41. The van der Waals surface area contributed by atoms with Gasteiger partial charge in [-0.05, 0) is 73.9 Å². The smallest absolute Gasteiger partial charge is 0.335 e. The molecule has 0 spiro atoms. The van der Waals surface area contributed by atoms with Crippen molar-refractivity contribution in [3.8, 4) is 5.75 Å². The van der Waals surface area contributed by atoms with Crippen molar-refractivity contribution >= 4 is 16.9 Å². The van der Waals surface area contributed by atoms with Crippen molar-refractivity contribution in [1.82, 2.24) is 9.88 Å². The molecule has 34 heavy (non-hydrogen) atoms. The van der Waals surface area contributed by atoms with E-state index >= 15 is 4.39 Å². The molecule has 1 saturated carbocycles. The highest BCUT2D eigenvalue weighted by molar-refractivity contribution is 5.88. The van der Waals surface area contributed by atoms with Crippen molar-refractivity contribution in [3.05, 3.63) is 64.8 Å². The molecule has 0 bridgehead atoms. The second-order valence-corrected chi connectivity index (χ2v) is 9.52. The molecule has 1 saturated heterocycles. The molecule has 0 amide bonds. The molecule has 2 heterocycles. The number of carboxylic acid groups (broad SMARTS) is 1. The highest BCUT2D eigenvalue weighted by atomic mass is 19.1. The first-order chi connectivity index (χ1) is 16.5. The fourth-order valence-electron chi connectivity index (χ4n) is 5.09. The first-order valence-corrected chi connectivity index (χ1v) is 12.0. The number of ether oxygens (including phenoxy) is 2. The number of aryl methyl sites for hydroxylation is 1. The molecule has 180 valence electrons. The van der Waals surface area contributed by atoms with Gasteiger partial charge >= 0.3 is 5.97 Å². The van der Waals surface area contributed by atoms with Gasteiger partial charge in [-0.1, -0.05) is 12.1 Å². The lowest BCUT2D eigenvalue weighted by atomic mass is 9.91. The summed E-state index contributed by atoms with van der Waals surface area (Å²) in [5.74, 6) is 0.225. The van der Waals surface area contributed by atoms with Crippen molar-refractivity contribution in [2.45, 2.75) is 51.0 Å². The molecule has 3 aromatic rings. The number of aromatic amines is 1. The van der Waals surface area contributed by atoms with E-state index in [0.29, 0.717) is 30.2 Å². The zero-order valence-electron chi connectivity index (χ0n) is 19.6. The minimum atomic E-state index is -1.39. The number of aromatic nitrogens is 1. The van der Waals surface area contributed by atoms with Crippen LogP contribution in [0.5, 0.6) is 5.75 Å². The Morgan fingerprint density at radius 1 is 1.24 bits per heavy atom. The molecule has 5 rings (SSSR count). The lowest BCUT2D eigenvalue weighted by Gasteiger charge is -2.41. The van der Waals surface area contributed by atoms with E-state index in [1.807, 2.05) is 30.2 Å². The second kappa shape index (κ2) is 9.39. The van der Waals surface area contributed by atoms with Gasteiger partial charge in [0, 0.05) is 36.3 Å². The molecule has 2 aliphatic rings. The number of aromatic carboxylic acids is 1. The van der Waals surface area contributed by atoms with E-state index in [-0.39, 0.29) is 17.7 Å². The van der Waals surface area contributed by atoms with Crippen molar-refractivity contribution in [2.24, 2.45) is 5.92 Å². The Kier molecular flexibility index (Phi) is 6.32. The maximum absolute atomic E-state index is 16.5. The predicted molar refractivity (Wildman–Crippen MR) is 128 cm³/mol. The average Bonchev–Trinajstić information content (AvgIpc) is 3.55. The summed E-state index contributed by atoms with van der Waals surface area (Å²) in [6, 6.07) is 10.3. The van der Waals surface area contributed by atoms with Crippen molar-refractivity contribution in [2.75, 3.05) is 20.3 Å². The minimum Gasteiger partial charge on any atom is -0.496 e. The van der Waals surface area contributed by atoms with Gasteiger partial charge in [0.05, 0.1) is 24.3 Å². The third-order valence-electron chi connectivity index (χ3n) is 7.20. The van der Waals surface area contributed by atoms with Gasteiger partial charge in [0.2, 0.25) is 0 Å². The molecule has 1 aromatic heterocycles. The number of piperidine rings is 1. The van der Waals surface area contributed by atoms with Crippen LogP contribution in [0.15, 0.2) is 42.6 Å². The van der Waals surface area contributed by atoms with Crippen LogP contribution in [0.25, 0.3) is 10.9 Å². The van der Waals surface area contributed by atoms with Gasteiger partial charge in [0.1, 0.15) is 5.75 Å². The number of rotatable bonds is 8. The van der Waals surface area contributed by atoms with Gasteiger partial charge in [-0.2, -0.15) is 0 Å². The third-order valence-corrected chi connectivity index (χ3v) is 7.20. The van der Waals surface area contributed by atoms with Gasteiger partial charge in [0.25, 0.3) is 0 Å². The predicted octanol–water partition coefficient (Wildman–Crippen LogP) is 5.78. The molecular weight excluding hydrogens is 435 g/mol. The number of nitrogens with one attached hydrogen (secondary N) is 1. The van der Waals surface area contributed by atoms with Gasteiger partial charge in [-0.25, -0.2) is 9.18 Å². The van der Waals surface area contributed by atoms with Crippen molar-refractivity contribution < 1.29 is 23.8 Å². The van der Waals surface area contributed by atoms with Gasteiger partial charge < -0.3 is 19.6 Å². The summed E-state index contributed by atoms with van der Waals surface area (Å²) in [6.07, 6.45) is 4.36. The zero-order valence-corrected chi connectivity index (χ0v) is 19.6. The van der Waals surface area contributed by atoms with E-state index in [4.69, 9.17) is 9.47 Å². The topological polar surface area (TPSA) is 74.8 Å². The van der Waals surface area contributed by atoms with Crippen LogP contribution in [-0.4, -0.2) is 47.3 Å². The van der Waals surface area contributed by atoms with Crippen LogP contribution >= 0.6 is 0 Å². The van der Waals surface area contributed by atoms with Crippen LogP contribution in [0.1, 0.15) is 65.1 Å². The number of methoxy groups -OCH3 is 1. The minimum absolute atomic E-state index is 0.0559. The Morgan fingerprint density at radius 2 is 2.00 bits per heavy atom. The Balaban J connectivity index is 1.49. The summed E-state index contributed by atoms with van der Waals surface area (Å²) >= 11 is 0. The average molecular weight is 467 g/mol. The number of likely N-dealkylation sites (tertiary alicyclic amines) is 1. The fourth-order valence-corrected chi connectivity index (χ4v) is 5.09. The first-order valence-electron chi connectivity index (χ1n) is 12.0. The van der Waals surface area contributed by atoms with Crippen LogP contribution in [0.3, 0.4) is 0 Å². The largest absolute Gasteiger partial charge is 0.496 e. The van der Waals surface area contributed by atoms with Gasteiger partial charge in [-0.15, -0.1) is 0 Å². The number of carboxylic acids is 1. The standard InChI is InChI=1S/C27H31FN2O4/c1-16-13-23(33-2)24(21-9-11-29-25(16)21)26(28)30-12-10-20(34-15-17-3-4-17)14-22(30)18-5-7-19(8-6-18)27(31)32/h5-9,11,13,17,20,22,26,29H,3-4,10,12,14-15H2,1-2H3,(H,31,32)/t20-,22-,26?/m0/s1. The Hall–Kier alpha value is -2.90. The zero-order chi connectivity index (χ0) is 23.8. The van der Waals surface area contributed by atoms with Crippen LogP contribution in [0, 0.1) is 12.8 Å². The number of hydrogen-bond donors (Lipinski definition) is 2. The molecule has 7 heteroatoms. The van der Waals surface area contributed by atoms with Crippen LogP contribution < -0.4 is 4.74 Å². The van der Waals surface area contributed by atoms with Gasteiger partial charge in [-0.3, -0.25) is 4.90 Å². The number of hydrogen-bond acceptors (Lipinski definition) is 4. The summed E-state index contributed by atoms with van der Waals surface area (Å²) < 4.78 is 28.3. The van der Waals surface area contributed by atoms with Gasteiger partial charge in [0.15, 0.2) is 6.30 Å². The first kappa shape index (κ1) is 22.9. The maximum Gasteiger partial charge on any atom is 0.335 e. The number of benzene rings is 2. The van der Waals surface area contributed by atoms with E-state index < -0.39 is 12.3 Å². The summed E-state index contributed by atoms with van der Waals surface area (Å²) in [5, 5.41) is 10.1. The lowest BCUT2D eigenvalue weighted by molar-refractivity contribution is -0.0584. The third kappa shape index (κ3) is 4.42. The maximum atomic E-state index is 16.5. The molecule has 6 nitrogen and oxygen atoms in total. The van der Waals surface area contributed by atoms with Crippen LogP contribution in [0.2, 0.25) is 0 Å². The molecule has 1 aliphatic heterocycles. The molecule has 2 aromatic carbocycles. The Labute approximate surface area is 198 Å². The van der Waals surface area contributed by atoms with E-state index in [1.54, 1.807) is 31.4 Å². The van der Waals surface area contributed by atoms with E-state index in [2.05, 4.69) is 4.98 Å². The van der Waals surface area contributed by atoms with E-state index in [0.717, 1.165) is 35.1 Å². The molecule has 3 atom stereocenters. The number of alkyl halides is 1. The molecule has 2 N–H and O–H groups in total. The molecule has 2 fully saturated rings. The summed E-state index contributed by atoms with van der Waals surface area (Å²) in [4.78, 5) is 16.4. The van der Waals surface area contributed by atoms with E-state index in [1.165, 1.54) is 12.8 Å². The summed E-state index contributed by atoms with van der Waals surface area (Å²) in [5.41, 5.74) is 3.54. The number of halogens is 1. The number of nitrogens with zero attached hydrogens (tertiary/aromatic N) is 1. The van der Waals surface area contributed by atoms with E-state index in [9.17, 15) is 9.90 Å². The number of fused-ring (bicyclic) bond motifs is 1. The highest BCUT2D eigenvalue weighted by Gasteiger charge is 2.38. The van der Waals surface area contributed by atoms with Crippen LogP contribution in [0.4, 0.5) is 4.39 Å². The summed E-state index contributed by atoms with van der Waals surface area (Å²) in [6.45, 7) is 3.28. The van der Waals surface area contributed by atoms with Crippen LogP contribution in [-0.2, 0) is 4.74 Å². The monoisotopic (exact) mass is 466 g/mol. The molecule has 0 radical (unpaired) electrons. The number of carbonyl (C=O) groups is 1. The fraction of sp³-hybridized carbons (Fsp3) is 0.444. The normalized spacial score (nSPS) is 22.1. The Bertz CT molecular complexity index is 1170. The SMILES string of the molecule is COc1cc(C)c2[nH]ccc2c1C(F)N1CC[C@H](OCC2CC2)C[C@H]1c1ccc(C(=O)O)cc1. The molecule has 1 unspecified atom stereocenters. The molecule has 1 aliphatic carbocycles.